The molecule has 3 rings (SSSR count). The lowest BCUT2D eigenvalue weighted by atomic mass is 10.2. The second-order valence-electron chi connectivity index (χ2n) is 5.42. The fraction of sp³-hybridized carbons (Fsp3) is 0.267. The Hall–Kier alpha value is -2.42. The van der Waals surface area contributed by atoms with E-state index >= 15 is 0 Å². The Balaban J connectivity index is 2.24. The Morgan fingerprint density at radius 1 is 1.38 bits per heavy atom. The normalized spacial score (nSPS) is 12.1. The van der Waals surface area contributed by atoms with Crippen molar-refractivity contribution in [2.24, 2.45) is 0 Å². The summed E-state index contributed by atoms with van der Waals surface area (Å²) in [4.78, 5) is 17.0. The van der Waals surface area contributed by atoms with E-state index < -0.39 is 17.8 Å². The minimum Gasteiger partial charge on any atom is -0.350 e. The van der Waals surface area contributed by atoms with Gasteiger partial charge in [-0.2, -0.15) is 18.3 Å². The van der Waals surface area contributed by atoms with Crippen molar-refractivity contribution in [1.82, 2.24) is 19.9 Å². The zero-order valence-electron chi connectivity index (χ0n) is 12.8. The molecule has 0 unspecified atom stereocenters. The molecule has 0 spiro atoms. The van der Waals surface area contributed by atoms with Gasteiger partial charge < -0.3 is 5.32 Å². The zero-order valence-corrected chi connectivity index (χ0v) is 13.6. The van der Waals surface area contributed by atoms with E-state index in [9.17, 15) is 18.0 Å². The van der Waals surface area contributed by atoms with Crippen molar-refractivity contribution in [2.75, 3.05) is 0 Å². The van der Waals surface area contributed by atoms with Crippen LogP contribution in [0, 0.1) is 0 Å². The van der Waals surface area contributed by atoms with Gasteiger partial charge in [-0.3, -0.25) is 4.79 Å². The van der Waals surface area contributed by atoms with Crippen LogP contribution in [0.5, 0.6) is 0 Å². The van der Waals surface area contributed by atoms with E-state index in [4.69, 9.17) is 0 Å². The van der Waals surface area contributed by atoms with Gasteiger partial charge in [0.2, 0.25) is 0 Å². The van der Waals surface area contributed by atoms with E-state index in [-0.39, 0.29) is 22.9 Å². The van der Waals surface area contributed by atoms with Crippen molar-refractivity contribution in [3.05, 3.63) is 41.0 Å². The highest BCUT2D eigenvalue weighted by Gasteiger charge is 2.36. The number of amides is 1. The lowest BCUT2D eigenvalue weighted by Crippen LogP contribution is -2.30. The summed E-state index contributed by atoms with van der Waals surface area (Å²) in [7, 11) is 0. The van der Waals surface area contributed by atoms with E-state index in [0.717, 1.165) is 12.3 Å². The first-order chi connectivity index (χ1) is 11.3. The van der Waals surface area contributed by atoms with Gasteiger partial charge >= 0.3 is 6.18 Å². The summed E-state index contributed by atoms with van der Waals surface area (Å²) in [5.41, 5.74) is -0.928. The molecule has 1 N–H and O–H groups in total. The van der Waals surface area contributed by atoms with E-state index in [1.54, 1.807) is 31.4 Å². The average molecular weight is 354 g/mol. The number of nitrogens with one attached hydrogen (secondary N) is 1. The largest absolute Gasteiger partial charge is 0.433 e. The first-order valence-electron chi connectivity index (χ1n) is 7.08. The molecule has 0 aliphatic carbocycles. The highest BCUT2D eigenvalue weighted by atomic mass is 32.1. The third-order valence-electron chi connectivity index (χ3n) is 3.20. The van der Waals surface area contributed by atoms with Crippen molar-refractivity contribution in [3.63, 3.8) is 0 Å². The molecule has 3 aromatic heterocycles. The number of carbonyl (C=O) groups excluding carboxylic acids is 1. The molecule has 5 nitrogen and oxygen atoms in total. The van der Waals surface area contributed by atoms with Crippen LogP contribution in [0.1, 0.15) is 29.9 Å². The third-order valence-corrected chi connectivity index (χ3v) is 4.09. The van der Waals surface area contributed by atoms with Crippen molar-refractivity contribution in [3.8, 4) is 10.6 Å². The minimum atomic E-state index is -4.62. The second kappa shape index (κ2) is 5.90. The number of carbonyl (C=O) groups is 1. The average Bonchev–Trinajstić information content (AvgIpc) is 3.13. The monoisotopic (exact) mass is 354 g/mol. The van der Waals surface area contributed by atoms with Gasteiger partial charge in [0, 0.05) is 6.04 Å². The summed E-state index contributed by atoms with van der Waals surface area (Å²) in [6, 6.07) is 4.18. The Bertz CT molecular complexity index is 884. The maximum Gasteiger partial charge on any atom is 0.433 e. The molecule has 1 amide bonds. The first kappa shape index (κ1) is 16.4. The molecule has 0 bridgehead atoms. The molecule has 0 saturated heterocycles. The molecular formula is C15H13F3N4OS. The number of alkyl halides is 3. The van der Waals surface area contributed by atoms with Gasteiger partial charge in [-0.1, -0.05) is 6.07 Å². The maximum atomic E-state index is 13.4. The lowest BCUT2D eigenvalue weighted by molar-refractivity contribution is -0.142. The number of aromatic nitrogens is 3. The summed E-state index contributed by atoms with van der Waals surface area (Å²) in [6.07, 6.45) is -3.52. The van der Waals surface area contributed by atoms with Crippen LogP contribution >= 0.6 is 11.3 Å². The van der Waals surface area contributed by atoms with Crippen LogP contribution in [0.25, 0.3) is 16.2 Å². The molecule has 0 fully saturated rings. The highest BCUT2D eigenvalue weighted by molar-refractivity contribution is 7.13. The van der Waals surface area contributed by atoms with Crippen LogP contribution in [0.3, 0.4) is 0 Å². The Morgan fingerprint density at radius 3 is 2.71 bits per heavy atom. The second-order valence-corrected chi connectivity index (χ2v) is 6.37. The molecular weight excluding hydrogens is 341 g/mol. The van der Waals surface area contributed by atoms with Crippen LogP contribution in [-0.4, -0.2) is 26.5 Å². The van der Waals surface area contributed by atoms with E-state index in [2.05, 4.69) is 15.4 Å². The number of fused-ring (bicyclic) bond motifs is 1. The van der Waals surface area contributed by atoms with Crippen LogP contribution in [0.4, 0.5) is 13.2 Å². The molecule has 0 aromatic carbocycles. The van der Waals surface area contributed by atoms with E-state index in [1.165, 1.54) is 11.3 Å². The van der Waals surface area contributed by atoms with Gasteiger partial charge in [0.05, 0.1) is 16.8 Å². The van der Waals surface area contributed by atoms with Gasteiger partial charge in [-0.15, -0.1) is 11.3 Å². The lowest BCUT2D eigenvalue weighted by Gasteiger charge is -2.11. The van der Waals surface area contributed by atoms with Gasteiger partial charge in [0.25, 0.3) is 5.91 Å². The molecule has 3 aromatic rings. The predicted octanol–water partition coefficient (Wildman–Crippen LogP) is 3.61. The number of nitrogens with zero attached hydrogens (tertiary/aromatic N) is 3. The fourth-order valence-corrected chi connectivity index (χ4v) is 2.90. The molecule has 0 atom stereocenters. The van der Waals surface area contributed by atoms with Crippen LogP contribution < -0.4 is 5.32 Å². The summed E-state index contributed by atoms with van der Waals surface area (Å²) in [5, 5.41) is 8.10. The molecule has 9 heteroatoms. The molecule has 0 radical (unpaired) electrons. The standard InChI is InChI=1S/C15H13F3N4OS/c1-8(2)20-14(23)9-7-19-22-12(15(16,17)18)6-10(21-13(9)22)11-4-3-5-24-11/h3-8H,1-2H3,(H,20,23). The SMILES string of the molecule is CC(C)NC(=O)c1cnn2c(C(F)(F)F)cc(-c3cccs3)nc12. The molecule has 3 heterocycles. The first-order valence-corrected chi connectivity index (χ1v) is 7.96. The number of thiophene rings is 1. The Morgan fingerprint density at radius 2 is 2.12 bits per heavy atom. The van der Waals surface area contributed by atoms with Crippen LogP contribution in [0.15, 0.2) is 29.8 Å². The van der Waals surface area contributed by atoms with E-state index in [0.29, 0.717) is 9.39 Å². The van der Waals surface area contributed by atoms with Crippen molar-refractivity contribution in [1.29, 1.82) is 0 Å². The summed E-state index contributed by atoms with van der Waals surface area (Å²) in [5.74, 6) is -0.510. The topological polar surface area (TPSA) is 59.3 Å². The summed E-state index contributed by atoms with van der Waals surface area (Å²) < 4.78 is 40.8. The zero-order chi connectivity index (χ0) is 17.5. The fourth-order valence-electron chi connectivity index (χ4n) is 2.22. The summed E-state index contributed by atoms with van der Waals surface area (Å²) in [6.45, 7) is 3.52. The van der Waals surface area contributed by atoms with Gasteiger partial charge in [-0.25, -0.2) is 9.50 Å². The van der Waals surface area contributed by atoms with Crippen LogP contribution in [0.2, 0.25) is 0 Å². The van der Waals surface area contributed by atoms with Crippen molar-refractivity contribution < 1.29 is 18.0 Å². The van der Waals surface area contributed by atoms with Gasteiger partial charge in [0.1, 0.15) is 5.56 Å². The molecule has 126 valence electrons. The number of halogens is 3. The number of rotatable bonds is 3. The maximum absolute atomic E-state index is 13.4. The van der Waals surface area contributed by atoms with Gasteiger partial charge in [-0.05, 0) is 31.4 Å². The molecule has 0 saturated carbocycles. The smallest absolute Gasteiger partial charge is 0.350 e. The van der Waals surface area contributed by atoms with Crippen LogP contribution in [-0.2, 0) is 6.18 Å². The van der Waals surface area contributed by atoms with E-state index in [1.807, 2.05) is 0 Å². The number of hydrogen-bond donors (Lipinski definition) is 1. The molecule has 24 heavy (non-hydrogen) atoms. The summed E-state index contributed by atoms with van der Waals surface area (Å²) >= 11 is 1.27. The Kier molecular flexibility index (Phi) is 4.04. The van der Waals surface area contributed by atoms with Crippen molar-refractivity contribution in [2.45, 2.75) is 26.1 Å². The molecule has 0 aliphatic rings. The highest BCUT2D eigenvalue weighted by Crippen LogP contribution is 2.33. The quantitative estimate of drug-likeness (QED) is 0.782. The third kappa shape index (κ3) is 2.99. The minimum absolute atomic E-state index is 0.00704. The van der Waals surface area contributed by atoms with Gasteiger partial charge in [0.15, 0.2) is 11.3 Å². The van der Waals surface area contributed by atoms with Crippen molar-refractivity contribution >= 4 is 22.9 Å². The predicted molar refractivity (Wildman–Crippen MR) is 83.9 cm³/mol. The Labute approximate surface area is 139 Å². The number of hydrogen-bond acceptors (Lipinski definition) is 4. The molecule has 0 aliphatic heterocycles.